The van der Waals surface area contributed by atoms with Gasteiger partial charge in [0.1, 0.15) is 0 Å². The van der Waals surface area contributed by atoms with Gasteiger partial charge in [0.15, 0.2) is 11.6 Å². The molecule has 0 aliphatic heterocycles. The van der Waals surface area contributed by atoms with Crippen LogP contribution in [-0.2, 0) is 6.42 Å². The van der Waals surface area contributed by atoms with Crippen LogP contribution in [0.5, 0.6) is 0 Å². The van der Waals surface area contributed by atoms with Crippen LogP contribution in [0.1, 0.15) is 43.0 Å². The quantitative estimate of drug-likeness (QED) is 0.660. The van der Waals surface area contributed by atoms with Crippen molar-refractivity contribution >= 4 is 12.2 Å². The molecule has 1 heterocycles. The van der Waals surface area contributed by atoms with E-state index in [1.165, 1.54) is 37.0 Å². The number of aromatic nitrogens is 1. The van der Waals surface area contributed by atoms with Gasteiger partial charge in [0, 0.05) is 6.20 Å². The molecule has 3 heteroatoms. The van der Waals surface area contributed by atoms with Crippen LogP contribution >= 0.6 is 0 Å². The fourth-order valence-electron chi connectivity index (χ4n) is 2.06. The predicted molar refractivity (Wildman–Crippen MR) is 82.8 cm³/mol. The Morgan fingerprint density at radius 1 is 1.00 bits per heavy atom. The topological polar surface area (TPSA) is 12.9 Å². The molecule has 2 aromatic rings. The lowest BCUT2D eigenvalue weighted by atomic mass is 10.1. The standard InChI is InChI=1S/C18H19F2N/c1-2-3-4-5-15-7-10-16(21-13-15)9-6-14-8-11-17(19)18(20)12-14/h6-13H,2-5H2,1H3/b9-6+. The number of hydrogen-bond donors (Lipinski definition) is 0. The van der Waals surface area contributed by atoms with Gasteiger partial charge in [0.05, 0.1) is 5.69 Å². The first kappa shape index (κ1) is 15.4. The minimum absolute atomic E-state index is 0.614. The van der Waals surface area contributed by atoms with Crippen LogP contribution in [0.4, 0.5) is 8.78 Å². The number of nitrogens with zero attached hydrogens (tertiary/aromatic N) is 1. The van der Waals surface area contributed by atoms with Gasteiger partial charge in [-0.2, -0.15) is 0 Å². The molecule has 110 valence electrons. The maximum absolute atomic E-state index is 13.1. The molecule has 0 unspecified atom stereocenters. The molecule has 0 saturated carbocycles. The first-order valence-corrected chi connectivity index (χ1v) is 7.27. The minimum Gasteiger partial charge on any atom is -0.257 e. The molecule has 0 N–H and O–H groups in total. The van der Waals surface area contributed by atoms with Crippen molar-refractivity contribution in [3.8, 4) is 0 Å². The molecule has 0 fully saturated rings. The second-order valence-corrected chi connectivity index (χ2v) is 5.06. The third-order valence-electron chi connectivity index (χ3n) is 3.31. The van der Waals surface area contributed by atoms with Crippen molar-refractivity contribution in [3.63, 3.8) is 0 Å². The molecular formula is C18H19F2N. The Morgan fingerprint density at radius 3 is 2.52 bits per heavy atom. The van der Waals surface area contributed by atoms with Crippen molar-refractivity contribution in [2.45, 2.75) is 32.6 Å². The highest BCUT2D eigenvalue weighted by molar-refractivity contribution is 5.67. The molecule has 0 aliphatic rings. The van der Waals surface area contributed by atoms with Crippen LogP contribution in [0.3, 0.4) is 0 Å². The van der Waals surface area contributed by atoms with Crippen LogP contribution in [0.25, 0.3) is 12.2 Å². The van der Waals surface area contributed by atoms with Gasteiger partial charge < -0.3 is 0 Å². The third kappa shape index (κ3) is 4.78. The van der Waals surface area contributed by atoms with Gasteiger partial charge in [-0.3, -0.25) is 4.98 Å². The normalized spacial score (nSPS) is 11.2. The SMILES string of the molecule is CCCCCc1ccc(/C=C/c2ccc(F)c(F)c2)nc1. The van der Waals surface area contributed by atoms with Crippen molar-refractivity contribution < 1.29 is 8.78 Å². The maximum Gasteiger partial charge on any atom is 0.159 e. The summed E-state index contributed by atoms with van der Waals surface area (Å²) in [7, 11) is 0. The number of benzene rings is 1. The molecular weight excluding hydrogens is 268 g/mol. The highest BCUT2D eigenvalue weighted by atomic mass is 19.2. The Morgan fingerprint density at radius 2 is 1.86 bits per heavy atom. The zero-order chi connectivity index (χ0) is 15.1. The molecule has 21 heavy (non-hydrogen) atoms. The van der Waals surface area contributed by atoms with Gasteiger partial charge >= 0.3 is 0 Å². The molecule has 2 rings (SSSR count). The zero-order valence-corrected chi connectivity index (χ0v) is 12.2. The Bertz CT molecular complexity index is 603. The van der Waals surface area contributed by atoms with E-state index < -0.39 is 11.6 Å². The van der Waals surface area contributed by atoms with Gasteiger partial charge in [-0.1, -0.05) is 38.0 Å². The maximum atomic E-state index is 13.1. The Kier molecular flexibility index (Phi) is 5.61. The van der Waals surface area contributed by atoms with E-state index in [1.54, 1.807) is 12.2 Å². The van der Waals surface area contributed by atoms with Crippen molar-refractivity contribution in [2.75, 3.05) is 0 Å². The average Bonchev–Trinajstić information content (AvgIpc) is 2.50. The predicted octanol–water partition coefficient (Wildman–Crippen LogP) is 5.26. The average molecular weight is 287 g/mol. The number of aryl methyl sites for hydroxylation is 1. The lowest BCUT2D eigenvalue weighted by Gasteiger charge is -2.01. The number of unbranched alkanes of at least 4 members (excludes halogenated alkanes) is 2. The van der Waals surface area contributed by atoms with Gasteiger partial charge in [0.25, 0.3) is 0 Å². The van der Waals surface area contributed by atoms with E-state index in [2.05, 4.69) is 18.0 Å². The fraction of sp³-hybridized carbons (Fsp3) is 0.278. The van der Waals surface area contributed by atoms with Crippen molar-refractivity contribution in [1.29, 1.82) is 0 Å². The first-order valence-electron chi connectivity index (χ1n) is 7.27. The summed E-state index contributed by atoms with van der Waals surface area (Å²) in [5.74, 6) is -1.67. The Balaban J connectivity index is 1.99. The van der Waals surface area contributed by atoms with Gasteiger partial charge in [0.2, 0.25) is 0 Å². The van der Waals surface area contributed by atoms with Crippen LogP contribution in [-0.4, -0.2) is 4.98 Å². The fourth-order valence-corrected chi connectivity index (χ4v) is 2.06. The lowest BCUT2D eigenvalue weighted by molar-refractivity contribution is 0.508. The third-order valence-corrected chi connectivity index (χ3v) is 3.31. The van der Waals surface area contributed by atoms with Gasteiger partial charge in [-0.25, -0.2) is 8.78 Å². The Labute approximate surface area is 124 Å². The first-order chi connectivity index (χ1) is 10.2. The molecule has 0 aliphatic carbocycles. The summed E-state index contributed by atoms with van der Waals surface area (Å²) in [6, 6.07) is 7.84. The monoisotopic (exact) mass is 287 g/mol. The summed E-state index contributed by atoms with van der Waals surface area (Å²) >= 11 is 0. The molecule has 0 amide bonds. The smallest absolute Gasteiger partial charge is 0.159 e. The van der Waals surface area contributed by atoms with E-state index in [-0.39, 0.29) is 0 Å². The van der Waals surface area contributed by atoms with E-state index in [1.807, 2.05) is 12.3 Å². The highest BCUT2D eigenvalue weighted by Crippen LogP contribution is 2.12. The molecule has 1 aromatic heterocycles. The van der Waals surface area contributed by atoms with E-state index in [0.717, 1.165) is 18.2 Å². The lowest BCUT2D eigenvalue weighted by Crippen LogP contribution is -1.88. The molecule has 0 radical (unpaired) electrons. The molecule has 0 bridgehead atoms. The van der Waals surface area contributed by atoms with E-state index in [4.69, 9.17) is 0 Å². The molecule has 0 atom stereocenters. The number of rotatable bonds is 6. The van der Waals surface area contributed by atoms with Crippen LogP contribution in [0.15, 0.2) is 36.5 Å². The summed E-state index contributed by atoms with van der Waals surface area (Å²) < 4.78 is 25.9. The second kappa shape index (κ2) is 7.67. The van der Waals surface area contributed by atoms with Crippen LogP contribution < -0.4 is 0 Å². The summed E-state index contributed by atoms with van der Waals surface area (Å²) in [4.78, 5) is 4.36. The summed E-state index contributed by atoms with van der Waals surface area (Å²) in [6.07, 6.45) is 10.1. The van der Waals surface area contributed by atoms with Gasteiger partial charge in [-0.15, -0.1) is 0 Å². The van der Waals surface area contributed by atoms with Crippen LogP contribution in [0, 0.1) is 11.6 Å². The summed E-state index contributed by atoms with van der Waals surface area (Å²) in [6.45, 7) is 2.18. The van der Waals surface area contributed by atoms with E-state index in [9.17, 15) is 8.78 Å². The van der Waals surface area contributed by atoms with Crippen molar-refractivity contribution in [3.05, 3.63) is 65.0 Å². The van der Waals surface area contributed by atoms with E-state index >= 15 is 0 Å². The number of pyridine rings is 1. The van der Waals surface area contributed by atoms with Crippen molar-refractivity contribution in [2.24, 2.45) is 0 Å². The largest absolute Gasteiger partial charge is 0.257 e. The minimum atomic E-state index is -0.837. The highest BCUT2D eigenvalue weighted by Gasteiger charge is 2.00. The molecule has 1 aromatic carbocycles. The molecule has 0 saturated heterocycles. The Hall–Kier alpha value is -2.03. The van der Waals surface area contributed by atoms with Gasteiger partial charge in [-0.05, 0) is 48.2 Å². The summed E-state index contributed by atoms with van der Waals surface area (Å²) in [5.41, 5.74) is 2.65. The zero-order valence-electron chi connectivity index (χ0n) is 12.2. The second-order valence-electron chi connectivity index (χ2n) is 5.06. The molecule has 0 spiro atoms. The summed E-state index contributed by atoms with van der Waals surface area (Å²) in [5, 5.41) is 0. The molecule has 1 nitrogen and oxygen atoms in total. The van der Waals surface area contributed by atoms with Crippen LogP contribution in [0.2, 0.25) is 0 Å². The van der Waals surface area contributed by atoms with Crippen molar-refractivity contribution in [1.82, 2.24) is 4.98 Å². The van der Waals surface area contributed by atoms with E-state index in [0.29, 0.717) is 5.56 Å². The number of halogens is 2. The number of hydrogen-bond acceptors (Lipinski definition) is 1.